The summed E-state index contributed by atoms with van der Waals surface area (Å²) in [7, 11) is 0. The fourth-order valence-electron chi connectivity index (χ4n) is 4.26. The second kappa shape index (κ2) is 7.35. The summed E-state index contributed by atoms with van der Waals surface area (Å²) < 4.78 is 7.56. The van der Waals surface area contributed by atoms with Crippen LogP contribution in [0.15, 0.2) is 47.4 Å². The molecule has 9 nitrogen and oxygen atoms in total. The number of rotatable bonds is 3. The van der Waals surface area contributed by atoms with Gasteiger partial charge in [0.2, 0.25) is 5.13 Å². The number of ether oxygens (including phenoxy) is 1. The van der Waals surface area contributed by atoms with Crippen LogP contribution in [0.5, 0.6) is 5.75 Å². The number of thiazole rings is 1. The Kier molecular flexibility index (Phi) is 4.39. The zero-order valence-electron chi connectivity index (χ0n) is 18.1. The normalized spacial score (nSPS) is 11.7. The number of esters is 1. The van der Waals surface area contributed by atoms with Crippen LogP contribution >= 0.6 is 11.3 Å². The monoisotopic (exact) mass is 471 g/mol. The molecule has 4 aromatic heterocycles. The lowest BCUT2D eigenvalue weighted by atomic mass is 10.1. The zero-order chi connectivity index (χ0) is 23.6. The Morgan fingerprint density at radius 3 is 2.82 bits per heavy atom. The van der Waals surface area contributed by atoms with Gasteiger partial charge in [-0.3, -0.25) is 4.79 Å². The molecular weight excluding hydrogens is 454 g/mol. The predicted molar refractivity (Wildman–Crippen MR) is 130 cm³/mol. The number of aromatic nitrogens is 5. The first kappa shape index (κ1) is 20.3. The SMILES string of the molecule is CCOC(=O)c1c(O)c2c(C)nc3c(cnn3-c3nc4c(ccc5ccccc54)s3)c2[nH]c1=O. The average Bonchev–Trinajstić information content (AvgIpc) is 3.43. The summed E-state index contributed by atoms with van der Waals surface area (Å²) >= 11 is 1.48. The average molecular weight is 471 g/mol. The number of fused-ring (bicyclic) bond motifs is 6. The van der Waals surface area contributed by atoms with Gasteiger partial charge in [0.25, 0.3) is 5.56 Å². The van der Waals surface area contributed by atoms with Crippen LogP contribution in [0.3, 0.4) is 0 Å². The standard InChI is InChI=1S/C24H17N5O4S/c1-3-33-23(32)17-20(30)16-11(2)26-21-14(19(16)27-22(17)31)10-25-29(21)24-28-18-13-7-5-4-6-12(13)8-9-15(18)34-24/h4-10H,3H2,1-2H3,(H2,27,30,31). The fraction of sp³-hybridized carbons (Fsp3) is 0.125. The first-order valence-corrected chi connectivity index (χ1v) is 11.4. The van der Waals surface area contributed by atoms with E-state index in [-0.39, 0.29) is 12.0 Å². The van der Waals surface area contributed by atoms with E-state index < -0.39 is 22.8 Å². The van der Waals surface area contributed by atoms with Crippen LogP contribution in [0.1, 0.15) is 23.0 Å². The molecule has 0 atom stereocenters. The Hall–Kier alpha value is -4.31. The van der Waals surface area contributed by atoms with Gasteiger partial charge in [-0.2, -0.15) is 9.78 Å². The lowest BCUT2D eigenvalue weighted by Crippen LogP contribution is -2.20. The largest absolute Gasteiger partial charge is 0.506 e. The molecule has 0 amide bonds. The minimum Gasteiger partial charge on any atom is -0.506 e. The van der Waals surface area contributed by atoms with Crippen LogP contribution in [-0.4, -0.2) is 42.4 Å². The molecule has 2 aromatic carbocycles. The van der Waals surface area contributed by atoms with Crippen molar-refractivity contribution in [1.82, 2.24) is 24.7 Å². The molecule has 10 heteroatoms. The van der Waals surface area contributed by atoms with E-state index in [1.165, 1.54) is 11.3 Å². The first-order valence-electron chi connectivity index (χ1n) is 10.6. The number of H-pyrrole nitrogens is 1. The molecule has 0 aliphatic carbocycles. The van der Waals surface area contributed by atoms with Crippen LogP contribution in [0.25, 0.3) is 48.1 Å². The number of hydrogen-bond donors (Lipinski definition) is 2. The van der Waals surface area contributed by atoms with Crippen molar-refractivity contribution < 1.29 is 14.6 Å². The Morgan fingerprint density at radius 1 is 1.18 bits per heavy atom. The number of carbonyl (C=O) groups is 1. The summed E-state index contributed by atoms with van der Waals surface area (Å²) in [6, 6.07) is 12.1. The van der Waals surface area contributed by atoms with Gasteiger partial charge in [-0.25, -0.2) is 14.8 Å². The third-order valence-corrected chi connectivity index (χ3v) is 6.77. The maximum atomic E-state index is 12.7. The topological polar surface area (TPSA) is 123 Å². The highest BCUT2D eigenvalue weighted by atomic mass is 32.1. The van der Waals surface area contributed by atoms with E-state index in [9.17, 15) is 14.7 Å². The molecule has 168 valence electrons. The van der Waals surface area contributed by atoms with Gasteiger partial charge in [-0.15, -0.1) is 0 Å². The second-order valence-corrected chi connectivity index (χ2v) is 8.78. The van der Waals surface area contributed by atoms with Crippen LogP contribution in [0, 0.1) is 6.92 Å². The number of aryl methyl sites for hydroxylation is 1. The molecule has 6 aromatic rings. The maximum Gasteiger partial charge on any atom is 0.347 e. The smallest absolute Gasteiger partial charge is 0.347 e. The van der Waals surface area contributed by atoms with Crippen LogP contribution in [-0.2, 0) is 4.74 Å². The second-order valence-electron chi connectivity index (χ2n) is 7.77. The lowest BCUT2D eigenvalue weighted by molar-refractivity contribution is 0.0521. The van der Waals surface area contributed by atoms with Crippen molar-refractivity contribution >= 4 is 60.2 Å². The molecule has 0 aliphatic heterocycles. The zero-order valence-corrected chi connectivity index (χ0v) is 18.9. The molecule has 0 saturated carbocycles. The van der Waals surface area contributed by atoms with E-state index in [0.29, 0.717) is 27.4 Å². The first-order chi connectivity index (χ1) is 16.5. The van der Waals surface area contributed by atoms with E-state index in [1.54, 1.807) is 24.7 Å². The summed E-state index contributed by atoms with van der Waals surface area (Å²) in [6.45, 7) is 3.40. The lowest BCUT2D eigenvalue weighted by Gasteiger charge is -2.09. The van der Waals surface area contributed by atoms with E-state index in [4.69, 9.17) is 9.72 Å². The van der Waals surface area contributed by atoms with Crippen molar-refractivity contribution in [3.8, 4) is 10.9 Å². The third kappa shape index (κ3) is 2.82. The van der Waals surface area contributed by atoms with Gasteiger partial charge in [0.1, 0.15) is 5.75 Å². The third-order valence-electron chi connectivity index (χ3n) is 5.77. The molecule has 0 spiro atoms. The molecular formula is C24H17N5O4S. The van der Waals surface area contributed by atoms with Crippen molar-refractivity contribution in [1.29, 1.82) is 0 Å². The van der Waals surface area contributed by atoms with E-state index in [0.717, 1.165) is 21.0 Å². The van der Waals surface area contributed by atoms with Gasteiger partial charge < -0.3 is 14.8 Å². The molecule has 0 fully saturated rings. The molecule has 0 aliphatic rings. The number of nitrogens with one attached hydrogen (secondary N) is 1. The number of benzene rings is 2. The molecule has 4 heterocycles. The van der Waals surface area contributed by atoms with Crippen molar-refractivity contribution in [2.75, 3.05) is 6.61 Å². The number of nitrogens with zero attached hydrogens (tertiary/aromatic N) is 4. The van der Waals surface area contributed by atoms with Gasteiger partial charge in [0.05, 0.1) is 45.0 Å². The van der Waals surface area contributed by atoms with Gasteiger partial charge in [0, 0.05) is 5.39 Å². The summed E-state index contributed by atoms with van der Waals surface area (Å²) in [4.78, 5) is 37.1. The number of aromatic hydroxyl groups is 1. The van der Waals surface area contributed by atoms with Crippen LogP contribution in [0.2, 0.25) is 0 Å². The minimum atomic E-state index is -0.889. The Morgan fingerprint density at radius 2 is 2.00 bits per heavy atom. The quantitative estimate of drug-likeness (QED) is 0.371. The highest BCUT2D eigenvalue weighted by Crippen LogP contribution is 2.35. The van der Waals surface area contributed by atoms with Crippen molar-refractivity contribution in [2.45, 2.75) is 13.8 Å². The molecule has 0 saturated heterocycles. The fourth-order valence-corrected chi connectivity index (χ4v) is 5.20. The van der Waals surface area contributed by atoms with E-state index >= 15 is 0 Å². The number of pyridine rings is 2. The highest BCUT2D eigenvalue weighted by Gasteiger charge is 2.24. The van der Waals surface area contributed by atoms with Crippen molar-refractivity contribution in [3.05, 3.63) is 64.2 Å². The van der Waals surface area contributed by atoms with Gasteiger partial charge in [-0.1, -0.05) is 41.7 Å². The van der Waals surface area contributed by atoms with Crippen molar-refractivity contribution in [2.24, 2.45) is 0 Å². The summed E-state index contributed by atoms with van der Waals surface area (Å²) in [6.07, 6.45) is 1.56. The predicted octanol–water partition coefficient (Wildman–Crippen LogP) is 4.22. The Bertz CT molecular complexity index is 1850. The molecule has 34 heavy (non-hydrogen) atoms. The van der Waals surface area contributed by atoms with Crippen molar-refractivity contribution in [3.63, 3.8) is 0 Å². The van der Waals surface area contributed by atoms with E-state index in [2.05, 4.69) is 21.1 Å². The van der Waals surface area contributed by atoms with Gasteiger partial charge >= 0.3 is 5.97 Å². The molecule has 2 N–H and O–H groups in total. The minimum absolute atomic E-state index is 0.0796. The number of hydrogen-bond acceptors (Lipinski definition) is 8. The molecule has 6 rings (SSSR count). The highest BCUT2D eigenvalue weighted by molar-refractivity contribution is 7.21. The summed E-state index contributed by atoms with van der Waals surface area (Å²) in [5, 5.41) is 18.8. The Labute approximate surface area is 195 Å². The number of carbonyl (C=O) groups excluding carboxylic acids is 1. The maximum absolute atomic E-state index is 12.7. The van der Waals surface area contributed by atoms with Gasteiger partial charge in [0.15, 0.2) is 11.2 Å². The van der Waals surface area contributed by atoms with Gasteiger partial charge in [-0.05, 0) is 25.3 Å². The number of aromatic amines is 1. The molecule has 0 bridgehead atoms. The molecule has 0 unspecified atom stereocenters. The molecule has 0 radical (unpaired) electrons. The Balaban J connectivity index is 1.61. The van der Waals surface area contributed by atoms with Crippen LogP contribution < -0.4 is 5.56 Å². The summed E-state index contributed by atoms with van der Waals surface area (Å²) in [5.41, 5.74) is 0.946. The van der Waals surface area contributed by atoms with E-state index in [1.807, 2.05) is 30.3 Å². The summed E-state index contributed by atoms with van der Waals surface area (Å²) in [5.74, 6) is -1.34. The van der Waals surface area contributed by atoms with Crippen LogP contribution in [0.4, 0.5) is 0 Å².